The summed E-state index contributed by atoms with van der Waals surface area (Å²) in [4.78, 5) is 34.5. The molecule has 3 aromatic rings. The van der Waals surface area contributed by atoms with E-state index in [0.29, 0.717) is 36.2 Å². The third-order valence-corrected chi connectivity index (χ3v) is 7.37. The van der Waals surface area contributed by atoms with Crippen molar-refractivity contribution in [2.75, 3.05) is 18.0 Å². The Morgan fingerprint density at radius 3 is 2.40 bits per heavy atom. The summed E-state index contributed by atoms with van der Waals surface area (Å²) < 4.78 is 5.92. The Hall–Kier alpha value is -4.79. The molecule has 9 heteroatoms. The van der Waals surface area contributed by atoms with Gasteiger partial charge < -0.3 is 15.4 Å². The maximum absolute atomic E-state index is 12.2. The van der Waals surface area contributed by atoms with Crippen LogP contribution in [0.2, 0.25) is 0 Å². The predicted molar refractivity (Wildman–Crippen MR) is 165 cm³/mol. The van der Waals surface area contributed by atoms with Gasteiger partial charge in [-0.2, -0.15) is 0 Å². The second kappa shape index (κ2) is 14.2. The Balaban J connectivity index is 1.36. The second-order valence-corrected chi connectivity index (χ2v) is 10.4. The number of benzene rings is 2. The average Bonchev–Trinajstić information content (AvgIpc) is 2.99. The summed E-state index contributed by atoms with van der Waals surface area (Å²) in [6.45, 7) is 7.62. The van der Waals surface area contributed by atoms with Gasteiger partial charge in [0.1, 0.15) is 12.4 Å². The highest BCUT2D eigenvalue weighted by atomic mass is 16.6. The Morgan fingerprint density at radius 2 is 1.79 bits per heavy atom. The molecule has 0 radical (unpaired) electrons. The molecule has 1 aliphatic rings. The van der Waals surface area contributed by atoms with Gasteiger partial charge in [-0.25, -0.2) is 9.97 Å². The number of rotatable bonds is 11. The zero-order valence-corrected chi connectivity index (χ0v) is 24.3. The number of aryl methyl sites for hydroxylation is 1. The number of hydrogen-bond donors (Lipinski definition) is 1. The van der Waals surface area contributed by atoms with Crippen molar-refractivity contribution in [3.63, 3.8) is 0 Å². The van der Waals surface area contributed by atoms with Crippen LogP contribution >= 0.6 is 0 Å². The van der Waals surface area contributed by atoms with Gasteiger partial charge in [0.25, 0.3) is 11.6 Å². The number of allylic oxidation sites excluding steroid dienone is 5. The first-order valence-corrected chi connectivity index (χ1v) is 14.1. The number of hydrogen-bond acceptors (Lipinski definition) is 7. The average molecular weight is 568 g/mol. The Kier molecular flexibility index (Phi) is 10.2. The molecular weight excluding hydrogens is 530 g/mol. The lowest BCUT2D eigenvalue weighted by Crippen LogP contribution is -2.34. The van der Waals surface area contributed by atoms with Crippen LogP contribution in [0.25, 0.3) is 5.57 Å². The molecule has 218 valence electrons. The van der Waals surface area contributed by atoms with E-state index in [4.69, 9.17) is 10.5 Å². The van der Waals surface area contributed by atoms with E-state index in [1.807, 2.05) is 56.3 Å². The summed E-state index contributed by atoms with van der Waals surface area (Å²) in [5.74, 6) is 0.717. The lowest BCUT2D eigenvalue weighted by molar-refractivity contribution is -0.419. The van der Waals surface area contributed by atoms with E-state index >= 15 is 0 Å². The van der Waals surface area contributed by atoms with E-state index in [-0.39, 0.29) is 11.4 Å². The molecule has 9 nitrogen and oxygen atoms in total. The molecule has 1 amide bonds. The molecule has 2 N–H and O–H groups in total. The monoisotopic (exact) mass is 567 g/mol. The van der Waals surface area contributed by atoms with Gasteiger partial charge in [0, 0.05) is 37.3 Å². The fourth-order valence-electron chi connectivity index (χ4n) is 5.02. The van der Waals surface area contributed by atoms with E-state index < -0.39 is 10.8 Å². The number of amides is 1. The molecule has 1 aromatic heterocycles. The first-order valence-electron chi connectivity index (χ1n) is 14.1. The fraction of sp³-hybridized carbons (Fsp3) is 0.303. The summed E-state index contributed by atoms with van der Waals surface area (Å²) in [6, 6.07) is 18.0. The van der Waals surface area contributed by atoms with Crippen molar-refractivity contribution in [2.45, 2.75) is 46.6 Å². The van der Waals surface area contributed by atoms with Gasteiger partial charge in [-0.05, 0) is 68.4 Å². The van der Waals surface area contributed by atoms with Crippen molar-refractivity contribution in [3.8, 4) is 5.75 Å². The number of primary amides is 1. The Morgan fingerprint density at radius 1 is 1.10 bits per heavy atom. The van der Waals surface area contributed by atoms with Gasteiger partial charge in [-0.3, -0.25) is 14.9 Å². The molecule has 0 spiro atoms. The lowest BCUT2D eigenvalue weighted by Gasteiger charge is -2.33. The minimum absolute atomic E-state index is 0.0510. The van der Waals surface area contributed by atoms with E-state index in [9.17, 15) is 14.9 Å². The van der Waals surface area contributed by atoms with Crippen LogP contribution in [0.5, 0.6) is 5.75 Å². The van der Waals surface area contributed by atoms with Crippen LogP contribution in [0.3, 0.4) is 0 Å². The number of nitrogens with zero attached hydrogens (tertiary/aromatic N) is 4. The van der Waals surface area contributed by atoms with Gasteiger partial charge >= 0.3 is 0 Å². The number of ether oxygens (including phenoxy) is 1. The van der Waals surface area contributed by atoms with Crippen molar-refractivity contribution in [1.82, 2.24) is 9.97 Å². The van der Waals surface area contributed by atoms with Crippen molar-refractivity contribution >= 4 is 17.2 Å². The number of piperidine rings is 1. The van der Waals surface area contributed by atoms with E-state index in [2.05, 4.69) is 27.0 Å². The highest BCUT2D eigenvalue weighted by Crippen LogP contribution is 2.28. The second-order valence-electron chi connectivity index (χ2n) is 10.4. The maximum Gasteiger partial charge on any atom is 0.271 e. The molecule has 0 unspecified atom stereocenters. The number of nitrogens with two attached hydrogens (primary N) is 1. The molecule has 0 saturated carbocycles. The van der Waals surface area contributed by atoms with E-state index in [1.54, 1.807) is 19.1 Å². The van der Waals surface area contributed by atoms with Crippen LogP contribution in [-0.2, 0) is 13.0 Å². The Bertz CT molecular complexity index is 1490. The molecule has 1 saturated heterocycles. The van der Waals surface area contributed by atoms with Crippen molar-refractivity contribution < 1.29 is 14.5 Å². The molecule has 2 heterocycles. The molecule has 4 rings (SSSR count). The molecule has 2 aromatic carbocycles. The molecule has 1 fully saturated rings. The standard InChI is InChI=1S/C33H37N5O4/c1-4-8-29(38(40)41)14-11-23(2)27-12-15-28(16-13-27)37-19-17-25(18-20-37)21-30-35-24(3)32(31(36-30)33(34)39)42-22-26-9-6-5-7-10-26/h4-16,25H,17-22H2,1-3H3,(H2,34,39)/b8-4-,23-11+,29-14+. The topological polar surface area (TPSA) is 124 Å². The number of anilines is 1. The minimum Gasteiger partial charge on any atom is -0.485 e. The summed E-state index contributed by atoms with van der Waals surface area (Å²) in [5, 5.41) is 11.1. The van der Waals surface area contributed by atoms with Gasteiger partial charge in [-0.15, -0.1) is 0 Å². The highest BCUT2D eigenvalue weighted by molar-refractivity contribution is 5.93. The molecule has 0 aliphatic carbocycles. The third kappa shape index (κ3) is 7.90. The number of carbonyl (C=O) groups excluding carboxylic acids is 1. The molecular formula is C33H37N5O4. The highest BCUT2D eigenvalue weighted by Gasteiger charge is 2.23. The molecule has 42 heavy (non-hydrogen) atoms. The first-order chi connectivity index (χ1) is 20.2. The van der Waals surface area contributed by atoms with Crippen molar-refractivity contribution in [1.29, 1.82) is 0 Å². The summed E-state index contributed by atoms with van der Waals surface area (Å²) in [5.41, 5.74) is 10.5. The molecule has 1 aliphatic heterocycles. The summed E-state index contributed by atoms with van der Waals surface area (Å²) in [6.07, 6.45) is 9.05. The molecule has 0 bridgehead atoms. The van der Waals surface area contributed by atoms with Gasteiger partial charge in [0.05, 0.1) is 10.6 Å². The smallest absolute Gasteiger partial charge is 0.271 e. The fourth-order valence-corrected chi connectivity index (χ4v) is 5.02. The first kappa shape index (κ1) is 30.2. The zero-order chi connectivity index (χ0) is 30.1. The summed E-state index contributed by atoms with van der Waals surface area (Å²) >= 11 is 0. The van der Waals surface area contributed by atoms with E-state index in [1.165, 1.54) is 12.2 Å². The largest absolute Gasteiger partial charge is 0.485 e. The van der Waals surface area contributed by atoms with Crippen LogP contribution in [0.1, 0.15) is 59.8 Å². The van der Waals surface area contributed by atoms with Crippen LogP contribution in [-0.4, -0.2) is 33.9 Å². The van der Waals surface area contributed by atoms with Gasteiger partial charge in [-0.1, -0.05) is 54.6 Å². The van der Waals surface area contributed by atoms with Crippen molar-refractivity contribution in [3.05, 3.63) is 123 Å². The van der Waals surface area contributed by atoms with Gasteiger partial charge in [0.2, 0.25) is 0 Å². The quantitative estimate of drug-likeness (QED) is 0.170. The maximum atomic E-state index is 12.2. The van der Waals surface area contributed by atoms with Crippen molar-refractivity contribution in [2.24, 2.45) is 11.7 Å². The minimum atomic E-state index is -0.625. The molecule has 0 atom stereocenters. The Labute approximate surface area is 246 Å². The van der Waals surface area contributed by atoms with Crippen LogP contribution in [0.4, 0.5) is 5.69 Å². The van der Waals surface area contributed by atoms with Crippen LogP contribution in [0, 0.1) is 23.0 Å². The van der Waals surface area contributed by atoms with Crippen LogP contribution in [0.15, 0.2) is 84.6 Å². The van der Waals surface area contributed by atoms with E-state index in [0.717, 1.165) is 48.3 Å². The van der Waals surface area contributed by atoms with Gasteiger partial charge in [0.15, 0.2) is 11.4 Å². The normalized spacial score (nSPS) is 14.8. The van der Waals surface area contributed by atoms with Crippen LogP contribution < -0.4 is 15.4 Å². The predicted octanol–water partition coefficient (Wildman–Crippen LogP) is 6.06. The number of aromatic nitrogens is 2. The zero-order valence-electron chi connectivity index (χ0n) is 24.3. The number of carbonyl (C=O) groups is 1. The lowest BCUT2D eigenvalue weighted by atomic mass is 9.92. The SMILES string of the molecule is C\C=C/C(=C\C=C(/C)c1ccc(N2CCC(Cc3nc(C)c(OCc4ccccc4)c(C(N)=O)n3)CC2)cc1)[N+](=O)[O-]. The summed E-state index contributed by atoms with van der Waals surface area (Å²) in [7, 11) is 0. The third-order valence-electron chi connectivity index (χ3n) is 7.37. The number of nitro groups is 1.